The van der Waals surface area contributed by atoms with Crippen molar-refractivity contribution < 1.29 is 9.52 Å². The Bertz CT molecular complexity index is 825. The minimum Gasteiger partial charge on any atom is -0.506 e. The van der Waals surface area contributed by atoms with Crippen LogP contribution in [0.1, 0.15) is 12.0 Å². The second kappa shape index (κ2) is 6.71. The quantitative estimate of drug-likeness (QED) is 0.435. The van der Waals surface area contributed by atoms with E-state index in [1.54, 1.807) is 18.2 Å². The van der Waals surface area contributed by atoms with Crippen LogP contribution in [0.4, 0.5) is 0 Å². The minimum absolute atomic E-state index is 0.0246. The summed E-state index contributed by atoms with van der Waals surface area (Å²) in [7, 11) is 0. The summed E-state index contributed by atoms with van der Waals surface area (Å²) in [6, 6.07) is 17.2. The largest absolute Gasteiger partial charge is 0.506 e. The van der Waals surface area contributed by atoms with Gasteiger partial charge >= 0.3 is 5.63 Å². The van der Waals surface area contributed by atoms with Gasteiger partial charge in [0.2, 0.25) is 0 Å². The molecule has 0 spiro atoms. The smallest absolute Gasteiger partial charge is 0.353 e. The van der Waals surface area contributed by atoms with Crippen LogP contribution >= 0.6 is 11.8 Å². The molecule has 0 radical (unpaired) electrons. The van der Waals surface area contributed by atoms with Crippen LogP contribution in [0.2, 0.25) is 0 Å². The maximum atomic E-state index is 12.0. The Hall–Kier alpha value is -2.20. The predicted molar refractivity (Wildman–Crippen MR) is 89.6 cm³/mol. The lowest BCUT2D eigenvalue weighted by Crippen LogP contribution is -2.03. The Kier molecular flexibility index (Phi) is 4.49. The van der Waals surface area contributed by atoms with Crippen molar-refractivity contribution in [3.63, 3.8) is 0 Å². The molecule has 0 atom stereocenters. The van der Waals surface area contributed by atoms with Crippen molar-refractivity contribution in [1.29, 1.82) is 0 Å². The summed E-state index contributed by atoms with van der Waals surface area (Å²) in [6.45, 7) is 0. The van der Waals surface area contributed by atoms with Gasteiger partial charge in [0.15, 0.2) is 0 Å². The molecule has 0 saturated carbocycles. The molecule has 112 valence electrons. The molecule has 0 unspecified atom stereocenters. The maximum absolute atomic E-state index is 12.0. The van der Waals surface area contributed by atoms with Crippen LogP contribution in [-0.2, 0) is 6.42 Å². The summed E-state index contributed by atoms with van der Waals surface area (Å²) >= 11 is 1.35. The highest BCUT2D eigenvalue weighted by Crippen LogP contribution is 2.32. The second-order valence-electron chi connectivity index (χ2n) is 5.00. The SMILES string of the molecule is O=c1oc2ccccc2c(O)c1SCCCc1ccccc1. The molecule has 0 aliphatic rings. The molecule has 0 aliphatic heterocycles. The van der Waals surface area contributed by atoms with E-state index in [1.807, 2.05) is 24.3 Å². The van der Waals surface area contributed by atoms with Gasteiger partial charge in [-0.05, 0) is 36.3 Å². The number of hydrogen-bond acceptors (Lipinski definition) is 4. The highest BCUT2D eigenvalue weighted by Gasteiger charge is 2.13. The number of fused-ring (bicyclic) bond motifs is 1. The van der Waals surface area contributed by atoms with Crippen molar-refractivity contribution in [3.05, 3.63) is 70.6 Å². The molecule has 3 nitrogen and oxygen atoms in total. The van der Waals surface area contributed by atoms with Crippen LogP contribution in [0.5, 0.6) is 5.75 Å². The fourth-order valence-electron chi connectivity index (χ4n) is 2.34. The van der Waals surface area contributed by atoms with Gasteiger partial charge in [0.05, 0.1) is 5.39 Å². The minimum atomic E-state index is -0.471. The predicted octanol–water partition coefficient (Wildman–Crippen LogP) is 4.22. The van der Waals surface area contributed by atoms with E-state index in [4.69, 9.17) is 4.42 Å². The third-order valence-electron chi connectivity index (χ3n) is 3.44. The van der Waals surface area contributed by atoms with Crippen LogP contribution in [0.3, 0.4) is 0 Å². The van der Waals surface area contributed by atoms with Crippen molar-refractivity contribution in [2.75, 3.05) is 5.75 Å². The molecule has 0 saturated heterocycles. The van der Waals surface area contributed by atoms with Gasteiger partial charge in [-0.2, -0.15) is 0 Å². The second-order valence-corrected chi connectivity index (χ2v) is 6.11. The zero-order valence-corrected chi connectivity index (χ0v) is 12.8. The lowest BCUT2D eigenvalue weighted by Gasteiger charge is -2.06. The van der Waals surface area contributed by atoms with E-state index in [1.165, 1.54) is 17.3 Å². The molecule has 2 aromatic carbocycles. The van der Waals surface area contributed by atoms with Crippen LogP contribution in [0.25, 0.3) is 11.0 Å². The van der Waals surface area contributed by atoms with Crippen molar-refractivity contribution in [3.8, 4) is 5.75 Å². The van der Waals surface area contributed by atoms with E-state index in [2.05, 4.69) is 12.1 Å². The topological polar surface area (TPSA) is 50.4 Å². The molecule has 4 heteroatoms. The first-order valence-corrected chi connectivity index (χ1v) is 8.16. The first kappa shape index (κ1) is 14.7. The zero-order chi connectivity index (χ0) is 15.4. The van der Waals surface area contributed by atoms with E-state index in [9.17, 15) is 9.90 Å². The average Bonchev–Trinajstić information content (AvgIpc) is 2.55. The molecule has 1 aromatic heterocycles. The van der Waals surface area contributed by atoms with Gasteiger partial charge in [-0.3, -0.25) is 0 Å². The number of aromatic hydroxyl groups is 1. The number of hydrogen-bond donors (Lipinski definition) is 1. The van der Waals surface area contributed by atoms with E-state index < -0.39 is 5.63 Å². The highest BCUT2D eigenvalue weighted by molar-refractivity contribution is 7.99. The summed E-state index contributed by atoms with van der Waals surface area (Å²) in [5, 5.41) is 10.8. The first-order chi connectivity index (χ1) is 10.8. The molecule has 0 fully saturated rings. The van der Waals surface area contributed by atoms with Crippen molar-refractivity contribution in [2.45, 2.75) is 17.7 Å². The van der Waals surface area contributed by atoms with E-state index in [0.29, 0.717) is 15.9 Å². The van der Waals surface area contributed by atoms with Crippen molar-refractivity contribution in [1.82, 2.24) is 0 Å². The summed E-state index contributed by atoms with van der Waals surface area (Å²) in [5.41, 5.74) is 1.22. The summed E-state index contributed by atoms with van der Waals surface area (Å²) < 4.78 is 5.25. The van der Waals surface area contributed by atoms with E-state index in [0.717, 1.165) is 18.6 Å². The molecule has 1 heterocycles. The Balaban J connectivity index is 1.70. The van der Waals surface area contributed by atoms with E-state index >= 15 is 0 Å². The van der Waals surface area contributed by atoms with Gasteiger partial charge < -0.3 is 9.52 Å². The Morgan fingerprint density at radius 2 is 1.73 bits per heavy atom. The molecule has 3 aromatic rings. The number of aryl methyl sites for hydroxylation is 1. The van der Waals surface area contributed by atoms with Crippen LogP contribution in [0, 0.1) is 0 Å². The molecular formula is C18H16O3S. The monoisotopic (exact) mass is 312 g/mol. The lowest BCUT2D eigenvalue weighted by atomic mass is 10.1. The van der Waals surface area contributed by atoms with Crippen molar-refractivity contribution in [2.24, 2.45) is 0 Å². The summed E-state index contributed by atoms with van der Waals surface area (Å²) in [6.07, 6.45) is 1.88. The lowest BCUT2D eigenvalue weighted by molar-refractivity contribution is 0.447. The standard InChI is InChI=1S/C18H16O3S/c19-16-14-10-4-5-11-15(14)21-18(20)17(16)22-12-6-9-13-7-2-1-3-8-13/h1-5,7-8,10-11,19H,6,9,12H2. The molecule has 22 heavy (non-hydrogen) atoms. The third-order valence-corrected chi connectivity index (χ3v) is 4.59. The van der Waals surface area contributed by atoms with Gasteiger partial charge in [-0.1, -0.05) is 42.5 Å². The molecular weight excluding hydrogens is 296 g/mol. The number of benzene rings is 2. The average molecular weight is 312 g/mol. The molecule has 0 amide bonds. The first-order valence-electron chi connectivity index (χ1n) is 7.17. The van der Waals surface area contributed by atoms with E-state index in [-0.39, 0.29) is 5.75 Å². The fourth-order valence-corrected chi connectivity index (χ4v) is 3.24. The Labute approximate surface area is 132 Å². The van der Waals surface area contributed by atoms with Crippen LogP contribution in [0.15, 0.2) is 68.7 Å². The van der Waals surface area contributed by atoms with Gasteiger partial charge in [0, 0.05) is 0 Å². The Morgan fingerprint density at radius 1 is 1.00 bits per heavy atom. The number of para-hydroxylation sites is 1. The maximum Gasteiger partial charge on any atom is 0.353 e. The fraction of sp³-hybridized carbons (Fsp3) is 0.167. The van der Waals surface area contributed by atoms with Crippen LogP contribution in [-0.4, -0.2) is 10.9 Å². The molecule has 3 rings (SSSR count). The van der Waals surface area contributed by atoms with Gasteiger partial charge in [0.25, 0.3) is 0 Å². The summed E-state index contributed by atoms with van der Waals surface area (Å²) in [5.74, 6) is 0.780. The highest BCUT2D eigenvalue weighted by atomic mass is 32.2. The Morgan fingerprint density at radius 3 is 2.55 bits per heavy atom. The number of thioether (sulfide) groups is 1. The molecule has 0 bridgehead atoms. The molecule has 1 N–H and O–H groups in total. The van der Waals surface area contributed by atoms with Crippen LogP contribution < -0.4 is 5.63 Å². The van der Waals surface area contributed by atoms with Crippen molar-refractivity contribution >= 4 is 22.7 Å². The summed E-state index contributed by atoms with van der Waals surface area (Å²) in [4.78, 5) is 12.3. The van der Waals surface area contributed by atoms with Gasteiger partial charge in [0.1, 0.15) is 16.2 Å². The van der Waals surface area contributed by atoms with Gasteiger partial charge in [-0.25, -0.2) is 4.79 Å². The van der Waals surface area contributed by atoms with Gasteiger partial charge in [-0.15, -0.1) is 11.8 Å². The normalized spacial score (nSPS) is 10.9. The third kappa shape index (κ3) is 3.17. The molecule has 0 aliphatic carbocycles. The number of rotatable bonds is 5. The zero-order valence-electron chi connectivity index (χ0n) is 12.0.